The fourth-order valence-electron chi connectivity index (χ4n) is 1.18. The predicted molar refractivity (Wildman–Crippen MR) is 72.5 cm³/mol. The van der Waals surface area contributed by atoms with Crippen LogP contribution in [0.3, 0.4) is 0 Å². The fraction of sp³-hybridized carbons (Fsp3) is 0.111. The van der Waals surface area contributed by atoms with Crippen LogP contribution in [0.15, 0.2) is 14.5 Å². The number of halogens is 2. The highest BCUT2D eigenvalue weighted by Crippen LogP contribution is 2.40. The van der Waals surface area contributed by atoms with Crippen molar-refractivity contribution in [2.45, 2.75) is 6.92 Å². The summed E-state index contributed by atoms with van der Waals surface area (Å²) >= 11 is 9.51. The molecule has 2 rings (SSSR count). The Kier molecular flexibility index (Phi) is 3.48. The molecular formula is C9H5Br2NO2S2. The number of aryl methyl sites for hydroxylation is 1. The number of nitrogens with zero attached hydrogens (tertiary/aromatic N) is 1. The van der Waals surface area contributed by atoms with Crippen LogP contribution in [-0.2, 0) is 0 Å². The minimum absolute atomic E-state index is 0.102. The number of rotatable bonds is 2. The van der Waals surface area contributed by atoms with E-state index in [-0.39, 0.29) is 5.69 Å². The molecule has 0 amide bonds. The van der Waals surface area contributed by atoms with Crippen LogP contribution >= 0.6 is 54.5 Å². The Balaban J connectivity index is 2.59. The minimum Gasteiger partial charge on any atom is -0.476 e. The topological polar surface area (TPSA) is 50.2 Å². The minimum atomic E-state index is -1.00. The first-order valence-electron chi connectivity index (χ1n) is 4.15. The lowest BCUT2D eigenvalue weighted by molar-refractivity contribution is 0.0692. The Bertz CT molecular complexity index is 542. The second kappa shape index (κ2) is 4.56. The normalized spacial score (nSPS) is 10.7. The van der Waals surface area contributed by atoms with E-state index in [0.717, 1.165) is 14.2 Å². The monoisotopic (exact) mass is 381 g/mol. The van der Waals surface area contributed by atoms with Crippen LogP contribution in [0.25, 0.3) is 9.75 Å². The highest BCUT2D eigenvalue weighted by Gasteiger charge is 2.19. The Morgan fingerprint density at radius 2 is 2.12 bits per heavy atom. The van der Waals surface area contributed by atoms with Crippen LogP contribution in [0.2, 0.25) is 0 Å². The molecule has 0 bridgehead atoms. The van der Waals surface area contributed by atoms with E-state index in [0.29, 0.717) is 8.79 Å². The van der Waals surface area contributed by atoms with Gasteiger partial charge in [-0.1, -0.05) is 0 Å². The van der Waals surface area contributed by atoms with Crippen molar-refractivity contribution in [2.24, 2.45) is 0 Å². The van der Waals surface area contributed by atoms with Crippen LogP contribution in [0.1, 0.15) is 15.4 Å². The summed E-state index contributed by atoms with van der Waals surface area (Å²) in [7, 11) is 0. The molecule has 2 aromatic heterocycles. The first-order chi connectivity index (χ1) is 7.49. The molecule has 7 heteroatoms. The maximum Gasteiger partial charge on any atom is 0.356 e. The quantitative estimate of drug-likeness (QED) is 0.837. The smallest absolute Gasteiger partial charge is 0.356 e. The molecule has 0 fully saturated rings. The van der Waals surface area contributed by atoms with Gasteiger partial charge in [-0.3, -0.25) is 0 Å². The van der Waals surface area contributed by atoms with Crippen molar-refractivity contribution in [1.82, 2.24) is 4.98 Å². The summed E-state index contributed by atoms with van der Waals surface area (Å²) in [5.74, 6) is -1.00. The number of carboxylic acid groups (broad SMARTS) is 1. The molecule has 0 saturated carbocycles. The highest BCUT2D eigenvalue weighted by molar-refractivity contribution is 9.11. The molecule has 3 nitrogen and oxygen atoms in total. The molecule has 0 unspecified atom stereocenters. The second-order valence-corrected chi connectivity index (χ2v) is 7.35. The van der Waals surface area contributed by atoms with Gasteiger partial charge >= 0.3 is 5.97 Å². The van der Waals surface area contributed by atoms with Gasteiger partial charge in [0.1, 0.15) is 0 Å². The number of aromatic carboxylic acids is 1. The molecule has 0 saturated heterocycles. The SMILES string of the molecule is Cc1sc(-c2sc(Br)nc2C(=O)O)cc1Br. The van der Waals surface area contributed by atoms with Crippen LogP contribution < -0.4 is 0 Å². The van der Waals surface area contributed by atoms with Gasteiger partial charge in [-0.05, 0) is 44.8 Å². The van der Waals surface area contributed by atoms with Gasteiger partial charge in [-0.15, -0.1) is 22.7 Å². The van der Waals surface area contributed by atoms with E-state index in [1.807, 2.05) is 13.0 Å². The average molecular weight is 383 g/mol. The van der Waals surface area contributed by atoms with Crippen molar-refractivity contribution < 1.29 is 9.90 Å². The first-order valence-corrected chi connectivity index (χ1v) is 7.37. The first kappa shape index (κ1) is 12.2. The third kappa shape index (κ3) is 2.22. The molecule has 16 heavy (non-hydrogen) atoms. The van der Waals surface area contributed by atoms with Crippen LogP contribution in [0.4, 0.5) is 0 Å². The fourth-order valence-corrected chi connectivity index (χ4v) is 4.26. The van der Waals surface area contributed by atoms with Gasteiger partial charge < -0.3 is 5.11 Å². The predicted octanol–water partition coefficient (Wildman–Crippen LogP) is 4.40. The molecular weight excluding hydrogens is 378 g/mol. The van der Waals surface area contributed by atoms with Gasteiger partial charge in [0.25, 0.3) is 0 Å². The summed E-state index contributed by atoms with van der Waals surface area (Å²) < 4.78 is 1.58. The average Bonchev–Trinajstić information content (AvgIpc) is 2.71. The number of hydrogen-bond acceptors (Lipinski definition) is 4. The van der Waals surface area contributed by atoms with E-state index in [1.54, 1.807) is 11.3 Å². The number of carboxylic acids is 1. The van der Waals surface area contributed by atoms with Crippen molar-refractivity contribution in [1.29, 1.82) is 0 Å². The Hall–Kier alpha value is -0.240. The molecule has 0 radical (unpaired) electrons. The number of thiophene rings is 1. The van der Waals surface area contributed by atoms with Crippen molar-refractivity contribution in [3.8, 4) is 9.75 Å². The zero-order chi connectivity index (χ0) is 11.9. The number of thiazole rings is 1. The Labute approximate surface area is 116 Å². The van der Waals surface area contributed by atoms with E-state index in [9.17, 15) is 4.79 Å². The third-order valence-corrected chi connectivity index (χ3v) is 5.71. The van der Waals surface area contributed by atoms with Crippen LogP contribution in [0.5, 0.6) is 0 Å². The molecule has 0 aliphatic heterocycles. The van der Waals surface area contributed by atoms with E-state index in [4.69, 9.17) is 5.11 Å². The molecule has 0 atom stereocenters. The van der Waals surface area contributed by atoms with Crippen LogP contribution in [-0.4, -0.2) is 16.1 Å². The van der Waals surface area contributed by atoms with Gasteiger partial charge in [0.05, 0.1) is 4.88 Å². The van der Waals surface area contributed by atoms with Crippen molar-refractivity contribution >= 4 is 60.5 Å². The Morgan fingerprint density at radius 3 is 2.62 bits per heavy atom. The Morgan fingerprint density at radius 1 is 1.44 bits per heavy atom. The third-order valence-electron chi connectivity index (χ3n) is 1.88. The molecule has 0 aliphatic rings. The van der Waals surface area contributed by atoms with Crippen molar-refractivity contribution in [3.05, 3.63) is 25.0 Å². The van der Waals surface area contributed by atoms with Gasteiger partial charge in [-0.25, -0.2) is 9.78 Å². The van der Waals surface area contributed by atoms with Gasteiger partial charge in [-0.2, -0.15) is 0 Å². The molecule has 0 aromatic carbocycles. The van der Waals surface area contributed by atoms with E-state index in [1.165, 1.54) is 11.3 Å². The zero-order valence-electron chi connectivity index (χ0n) is 7.95. The summed E-state index contributed by atoms with van der Waals surface area (Å²) in [5.41, 5.74) is 0.102. The molecule has 2 aromatic rings. The maximum absolute atomic E-state index is 11.0. The standard InChI is InChI=1S/C9H5Br2NO2S2/c1-3-4(10)2-5(15-3)7-6(8(13)14)12-9(11)16-7/h2H,1H3,(H,13,14). The molecule has 84 valence electrons. The van der Waals surface area contributed by atoms with Crippen molar-refractivity contribution in [3.63, 3.8) is 0 Å². The molecule has 0 aliphatic carbocycles. The van der Waals surface area contributed by atoms with Crippen LogP contribution in [0, 0.1) is 6.92 Å². The number of hydrogen-bond donors (Lipinski definition) is 1. The second-order valence-electron chi connectivity index (χ2n) is 2.96. The molecule has 2 heterocycles. The van der Waals surface area contributed by atoms with Gasteiger partial charge in [0, 0.05) is 14.2 Å². The summed E-state index contributed by atoms with van der Waals surface area (Å²) in [6.07, 6.45) is 0. The lowest BCUT2D eigenvalue weighted by Gasteiger charge is -1.92. The van der Waals surface area contributed by atoms with E-state index >= 15 is 0 Å². The van der Waals surface area contributed by atoms with E-state index in [2.05, 4.69) is 36.8 Å². The summed E-state index contributed by atoms with van der Waals surface area (Å²) in [6, 6.07) is 1.92. The number of carbonyl (C=O) groups is 1. The highest BCUT2D eigenvalue weighted by atomic mass is 79.9. The van der Waals surface area contributed by atoms with Crippen molar-refractivity contribution in [2.75, 3.05) is 0 Å². The zero-order valence-corrected chi connectivity index (χ0v) is 12.8. The van der Waals surface area contributed by atoms with E-state index < -0.39 is 5.97 Å². The molecule has 1 N–H and O–H groups in total. The lowest BCUT2D eigenvalue weighted by Crippen LogP contribution is -1.97. The lowest BCUT2D eigenvalue weighted by atomic mass is 10.3. The maximum atomic E-state index is 11.0. The van der Waals surface area contributed by atoms with Gasteiger partial charge in [0.2, 0.25) is 0 Å². The largest absolute Gasteiger partial charge is 0.476 e. The number of aromatic nitrogens is 1. The summed E-state index contributed by atoms with van der Waals surface area (Å²) in [6.45, 7) is 1.98. The molecule has 0 spiro atoms. The summed E-state index contributed by atoms with van der Waals surface area (Å²) in [5, 5.41) is 9.03. The summed E-state index contributed by atoms with van der Waals surface area (Å²) in [4.78, 5) is 17.7. The van der Waals surface area contributed by atoms with Gasteiger partial charge in [0.15, 0.2) is 9.61 Å².